The standard InChI is InChI=1S/2CH2O3.K.Li.2H/c2*2-1(3)4;;;;/h2*(H2,2,3,4);;;;. The maximum absolute atomic E-state index is 8.56. The molecule has 0 amide bonds. The molecule has 0 radical (unpaired) electrons. The topological polar surface area (TPSA) is 115 Å². The minimum absolute atomic E-state index is 0. The third-order valence-corrected chi connectivity index (χ3v) is 0. The van der Waals surface area contributed by atoms with Crippen LogP contribution in [0.25, 0.3) is 0 Å². The van der Waals surface area contributed by atoms with E-state index in [-0.39, 0.29) is 70.2 Å². The van der Waals surface area contributed by atoms with Crippen LogP contribution in [0.15, 0.2) is 0 Å². The summed E-state index contributed by atoms with van der Waals surface area (Å²) in [5.74, 6) is 0. The van der Waals surface area contributed by atoms with Gasteiger partial charge in [-0.3, -0.25) is 0 Å². The molecule has 0 aromatic rings. The molecule has 0 saturated carbocycles. The van der Waals surface area contributed by atoms with Crippen LogP contribution in [0.1, 0.15) is 0 Å². The number of carbonyl (C=O) groups is 2. The van der Waals surface area contributed by atoms with Crippen LogP contribution in [0.4, 0.5) is 9.59 Å². The van der Waals surface area contributed by atoms with E-state index in [1.165, 1.54) is 0 Å². The first-order valence-corrected chi connectivity index (χ1v) is 1.30. The Morgan fingerprint density at radius 3 is 0.800 bits per heavy atom. The van der Waals surface area contributed by atoms with E-state index in [0.29, 0.717) is 0 Å². The van der Waals surface area contributed by atoms with Crippen LogP contribution in [0, 0.1) is 0 Å². The van der Waals surface area contributed by atoms with Gasteiger partial charge < -0.3 is 20.4 Å². The number of rotatable bonds is 0. The normalized spacial score (nSPS) is 4.80. The summed E-state index contributed by atoms with van der Waals surface area (Å²) in [5, 5.41) is 27.9. The fraction of sp³-hybridized carbons (Fsp3) is 0. The Morgan fingerprint density at radius 2 is 0.800 bits per heavy atom. The van der Waals surface area contributed by atoms with Crippen molar-refractivity contribution in [2.45, 2.75) is 0 Å². The Labute approximate surface area is 111 Å². The SMILES string of the molecule is O=C(O)O.O=C(O)O.[KH].[LiH]. The maximum atomic E-state index is 8.56. The van der Waals surface area contributed by atoms with Gasteiger partial charge in [0.1, 0.15) is 0 Å². The molecule has 0 bridgehead atoms. The first-order valence-electron chi connectivity index (χ1n) is 1.30. The van der Waals surface area contributed by atoms with Gasteiger partial charge in [-0.05, 0) is 0 Å². The Balaban J connectivity index is -0.0000000300. The molecule has 0 heterocycles. The van der Waals surface area contributed by atoms with E-state index in [9.17, 15) is 0 Å². The second kappa shape index (κ2) is 16.4. The van der Waals surface area contributed by atoms with Crippen molar-refractivity contribution in [1.29, 1.82) is 0 Å². The zero-order valence-corrected chi connectivity index (χ0v) is 3.61. The molecule has 8 heteroatoms. The van der Waals surface area contributed by atoms with Crippen molar-refractivity contribution in [2.24, 2.45) is 0 Å². The van der Waals surface area contributed by atoms with Crippen molar-refractivity contribution in [2.75, 3.05) is 0 Å². The van der Waals surface area contributed by atoms with Gasteiger partial charge >= 0.3 is 82.6 Å². The van der Waals surface area contributed by atoms with Crippen LogP contribution in [0.3, 0.4) is 0 Å². The van der Waals surface area contributed by atoms with E-state index in [1.54, 1.807) is 0 Å². The first kappa shape index (κ1) is 22.4. The summed E-state index contributed by atoms with van der Waals surface area (Å²) < 4.78 is 0. The summed E-state index contributed by atoms with van der Waals surface area (Å²) in [6, 6.07) is 0. The Kier molecular flexibility index (Phi) is 36.8. The average Bonchev–Trinajstić information content (AvgIpc) is 1.25. The van der Waals surface area contributed by atoms with Crippen molar-refractivity contribution in [1.82, 2.24) is 0 Å². The van der Waals surface area contributed by atoms with Crippen LogP contribution in [0.5, 0.6) is 0 Å². The molecule has 4 N–H and O–H groups in total. The van der Waals surface area contributed by atoms with Crippen LogP contribution in [-0.2, 0) is 0 Å². The Bertz CT molecular complexity index is 73.7. The molecule has 0 saturated heterocycles. The van der Waals surface area contributed by atoms with Crippen molar-refractivity contribution in [3.63, 3.8) is 0 Å². The summed E-state index contributed by atoms with van der Waals surface area (Å²) in [6.45, 7) is 0. The van der Waals surface area contributed by atoms with Gasteiger partial charge in [0.05, 0.1) is 0 Å². The van der Waals surface area contributed by atoms with Crippen molar-refractivity contribution in [3.05, 3.63) is 0 Å². The molecule has 6 nitrogen and oxygen atoms in total. The number of hydrogen-bond acceptors (Lipinski definition) is 2. The molecule has 52 valence electrons. The summed E-state index contributed by atoms with van der Waals surface area (Å²) in [7, 11) is 0. The van der Waals surface area contributed by atoms with E-state index in [2.05, 4.69) is 0 Å². The van der Waals surface area contributed by atoms with E-state index < -0.39 is 12.3 Å². The zero-order valence-electron chi connectivity index (χ0n) is 3.61. The molecule has 0 aliphatic heterocycles. The molecular formula is C2H6KLiO6. The third-order valence-electron chi connectivity index (χ3n) is 0. The molecule has 0 rings (SSSR count). The van der Waals surface area contributed by atoms with Crippen LogP contribution in [-0.4, -0.2) is 103 Å². The third kappa shape index (κ3) is 886. The molecule has 0 unspecified atom stereocenters. The van der Waals surface area contributed by atoms with Crippen molar-refractivity contribution >= 4 is 82.6 Å². The van der Waals surface area contributed by atoms with E-state index in [1.807, 2.05) is 0 Å². The van der Waals surface area contributed by atoms with E-state index >= 15 is 0 Å². The van der Waals surface area contributed by atoms with Crippen molar-refractivity contribution in [3.8, 4) is 0 Å². The fourth-order valence-electron chi connectivity index (χ4n) is 0. The Hall–Kier alpha value is 0.774. The molecule has 0 aromatic heterocycles. The summed E-state index contributed by atoms with van der Waals surface area (Å²) in [4.78, 5) is 17.1. The van der Waals surface area contributed by atoms with Gasteiger partial charge in [-0.1, -0.05) is 0 Å². The quantitative estimate of drug-likeness (QED) is 0.354. The monoisotopic (exact) mass is 172 g/mol. The fourth-order valence-corrected chi connectivity index (χ4v) is 0. The van der Waals surface area contributed by atoms with E-state index in [4.69, 9.17) is 30.0 Å². The van der Waals surface area contributed by atoms with Crippen LogP contribution < -0.4 is 0 Å². The predicted molar refractivity (Wildman–Crippen MR) is 35.6 cm³/mol. The second-order valence-electron chi connectivity index (χ2n) is 0.565. The van der Waals surface area contributed by atoms with Crippen molar-refractivity contribution < 1.29 is 30.0 Å². The molecular weight excluding hydrogens is 166 g/mol. The summed E-state index contributed by atoms with van der Waals surface area (Å²) in [6.07, 6.45) is -3.67. The molecule has 0 aliphatic rings. The first-order chi connectivity index (χ1) is 3.46. The molecule has 0 aromatic carbocycles. The summed E-state index contributed by atoms with van der Waals surface area (Å²) >= 11 is 0. The average molecular weight is 172 g/mol. The molecule has 0 aliphatic carbocycles. The second-order valence-corrected chi connectivity index (χ2v) is 0.565. The van der Waals surface area contributed by atoms with Gasteiger partial charge in [0.15, 0.2) is 0 Å². The minimum atomic E-state index is -1.83. The van der Waals surface area contributed by atoms with Gasteiger partial charge in [0.2, 0.25) is 0 Å². The Morgan fingerprint density at radius 1 is 0.800 bits per heavy atom. The van der Waals surface area contributed by atoms with Crippen LogP contribution in [0.2, 0.25) is 0 Å². The molecule has 0 fully saturated rings. The van der Waals surface area contributed by atoms with Crippen LogP contribution >= 0.6 is 0 Å². The number of hydrogen-bond donors (Lipinski definition) is 4. The molecule has 0 spiro atoms. The van der Waals surface area contributed by atoms with Gasteiger partial charge in [-0.2, -0.15) is 0 Å². The van der Waals surface area contributed by atoms with E-state index in [0.717, 1.165) is 0 Å². The number of carboxylic acid groups (broad SMARTS) is 4. The van der Waals surface area contributed by atoms with Gasteiger partial charge in [0.25, 0.3) is 0 Å². The van der Waals surface area contributed by atoms with Gasteiger partial charge in [-0.15, -0.1) is 0 Å². The molecule has 0 atom stereocenters. The van der Waals surface area contributed by atoms with Gasteiger partial charge in [-0.25, -0.2) is 9.59 Å². The van der Waals surface area contributed by atoms with Gasteiger partial charge in [0, 0.05) is 0 Å². The zero-order chi connectivity index (χ0) is 7.15. The summed E-state index contributed by atoms with van der Waals surface area (Å²) in [5.41, 5.74) is 0. The predicted octanol–water partition coefficient (Wildman–Crippen LogP) is -0.852. The molecule has 10 heavy (non-hydrogen) atoms.